The summed E-state index contributed by atoms with van der Waals surface area (Å²) < 4.78 is 0. The molecule has 28 valence electrons. The van der Waals surface area contributed by atoms with Gasteiger partial charge in [0, 0.05) is 0 Å². The van der Waals surface area contributed by atoms with Crippen LogP contribution in [0.5, 0.6) is 0 Å². The second-order valence-electron chi connectivity index (χ2n) is 0.250. The summed E-state index contributed by atoms with van der Waals surface area (Å²) in [5, 5.41) is 16.7. The van der Waals surface area contributed by atoms with Crippen LogP contribution in [0.25, 0.3) is 0 Å². The van der Waals surface area contributed by atoms with Gasteiger partial charge in [-0.15, -0.1) is 0 Å². The molecule has 0 unspecified atom stereocenters. The summed E-state index contributed by atoms with van der Waals surface area (Å²) in [4.78, 5) is 8.33. The Bertz CT molecular complexity index is 33.8. The van der Waals surface area contributed by atoms with E-state index in [9.17, 15) is 0 Å². The van der Waals surface area contributed by atoms with Crippen LogP contribution in [0.1, 0.15) is 0 Å². The van der Waals surface area contributed by atoms with Crippen LogP contribution in [0.2, 0.25) is 0 Å². The number of hydrogen-bond donors (Lipinski definition) is 0. The molecule has 0 aromatic heterocycles. The molecule has 0 aromatic rings. The van der Waals surface area contributed by atoms with Gasteiger partial charge >= 0.3 is 60.8 Å². The fourth-order valence-electron chi connectivity index (χ4n) is 0. The Morgan fingerprint density at radius 3 is 1.33 bits per heavy atom. The van der Waals surface area contributed by atoms with E-state index in [-0.39, 0.29) is 60.8 Å². The van der Waals surface area contributed by atoms with Gasteiger partial charge in [-0.3, -0.25) is 0 Å². The van der Waals surface area contributed by atoms with Gasteiger partial charge in [0.2, 0.25) is 0 Å². The molecule has 0 aromatic carbocycles. The van der Waals surface area contributed by atoms with E-state index in [1.807, 2.05) is 0 Å². The first-order valence-corrected chi connectivity index (χ1v) is 0.612. The third-order valence-corrected chi connectivity index (χ3v) is 0. The molecule has 0 amide bonds. The van der Waals surface area contributed by atoms with E-state index in [0.29, 0.717) is 0 Å². The largest absolute Gasteiger partial charge is 2.00 e. The summed E-state index contributed by atoms with van der Waals surface area (Å²) in [6, 6.07) is 0. The molecule has 0 fully saturated rings. The number of carbonyl (C=O) groups is 1. The van der Waals surface area contributed by atoms with Crippen molar-refractivity contribution >= 4 is 66.9 Å². The van der Waals surface area contributed by atoms with Crippen molar-refractivity contribution in [3.05, 3.63) is 0 Å². The molecule has 3 nitrogen and oxygen atoms in total. The number of carboxylic acid groups (broad SMARTS) is 2. The molecule has 0 aliphatic heterocycles. The van der Waals surface area contributed by atoms with Crippen LogP contribution in [0, 0.1) is 0 Å². The third-order valence-electron chi connectivity index (χ3n) is 0. The fourth-order valence-corrected chi connectivity index (χ4v) is 0. The Hall–Kier alpha value is 1.30. The maximum Gasteiger partial charge on any atom is 2.00 e. The summed E-state index contributed by atoms with van der Waals surface area (Å²) >= 11 is 0. The predicted molar refractivity (Wildman–Crippen MR) is 19.7 cm³/mol. The molecule has 0 heterocycles. The minimum Gasteiger partial charge on any atom is -0.652 e. The summed E-state index contributed by atoms with van der Waals surface area (Å²) in [7, 11) is 0. The van der Waals surface area contributed by atoms with Crippen molar-refractivity contribution in [3.8, 4) is 0 Å². The Labute approximate surface area is 80.9 Å². The summed E-state index contributed by atoms with van der Waals surface area (Å²) in [6.45, 7) is 0. The quantitative estimate of drug-likeness (QED) is 0.313. The normalized spacial score (nSPS) is 4.00. The Morgan fingerprint density at radius 1 is 1.33 bits per heavy atom. The number of hydrogen-bond acceptors (Lipinski definition) is 3. The number of carbonyl (C=O) groups excluding carboxylic acids is 1. The maximum absolute atomic E-state index is 8.33. The maximum atomic E-state index is 8.33. The molecular weight excluding hydrogens is 124 g/mol. The molecule has 0 atom stereocenters. The molecule has 0 rings (SSSR count). The van der Waals surface area contributed by atoms with E-state index in [1.54, 1.807) is 0 Å². The van der Waals surface area contributed by atoms with Gasteiger partial charge in [0.25, 0.3) is 0 Å². The third kappa shape index (κ3) is 58.2. The van der Waals surface area contributed by atoms with Gasteiger partial charge in [0.1, 0.15) is 0 Å². The molecule has 0 bridgehead atoms. The van der Waals surface area contributed by atoms with E-state index in [1.165, 1.54) is 0 Å². The molecule has 0 N–H and O–H groups in total. The molecule has 0 aliphatic rings. The molecule has 0 radical (unpaired) electrons. The second-order valence-corrected chi connectivity index (χ2v) is 0.250. The van der Waals surface area contributed by atoms with Gasteiger partial charge in [-0.1, -0.05) is 0 Å². The van der Waals surface area contributed by atoms with Crippen molar-refractivity contribution in [2.45, 2.75) is 0 Å². The number of rotatable bonds is 0. The SMILES string of the molecule is O=C([O-])[O-].[Ca+2].[MgH2]. The zero-order valence-electron chi connectivity index (χ0n) is 2.43. The summed E-state index contributed by atoms with van der Waals surface area (Å²) in [6.07, 6.45) is -2.33. The van der Waals surface area contributed by atoms with Crippen LogP contribution in [0.3, 0.4) is 0 Å². The molecule has 0 saturated heterocycles. The van der Waals surface area contributed by atoms with Crippen molar-refractivity contribution in [2.75, 3.05) is 0 Å². The van der Waals surface area contributed by atoms with E-state index in [0.717, 1.165) is 0 Å². The van der Waals surface area contributed by atoms with Crippen molar-refractivity contribution in [1.29, 1.82) is 0 Å². The molecule has 5 heteroatoms. The minimum atomic E-state index is -2.33. The zero-order valence-corrected chi connectivity index (χ0v) is 4.64. The molecule has 0 aliphatic carbocycles. The summed E-state index contributed by atoms with van der Waals surface area (Å²) in [5.41, 5.74) is 0. The first-order chi connectivity index (χ1) is 1.73. The van der Waals surface area contributed by atoms with Gasteiger partial charge < -0.3 is 15.0 Å². The molecular formula is CH2CaMgO3. The molecule has 0 spiro atoms. The average Bonchev–Trinajstić information content (AvgIpc) is 0.811. The van der Waals surface area contributed by atoms with Crippen LogP contribution in [0.15, 0.2) is 0 Å². The van der Waals surface area contributed by atoms with Crippen molar-refractivity contribution in [1.82, 2.24) is 0 Å². The van der Waals surface area contributed by atoms with E-state index >= 15 is 0 Å². The zero-order chi connectivity index (χ0) is 3.58. The van der Waals surface area contributed by atoms with Gasteiger partial charge in [-0.05, 0) is 6.16 Å². The first-order valence-electron chi connectivity index (χ1n) is 0.612. The Balaban J connectivity index is -0.0000000450. The standard InChI is InChI=1S/CH2O3.Ca.Mg.2H/c2-1(3)4;;;;/h(H2,2,3,4);;;;/q;+2;;;/p-2. The molecule has 6 heavy (non-hydrogen) atoms. The Morgan fingerprint density at radius 2 is 1.33 bits per heavy atom. The topological polar surface area (TPSA) is 63.2 Å². The Kier molecular flexibility index (Phi) is 25.0. The van der Waals surface area contributed by atoms with Crippen LogP contribution in [-0.4, -0.2) is 66.9 Å². The van der Waals surface area contributed by atoms with E-state index < -0.39 is 6.16 Å². The van der Waals surface area contributed by atoms with Crippen molar-refractivity contribution < 1.29 is 15.0 Å². The van der Waals surface area contributed by atoms with Gasteiger partial charge in [0.05, 0.1) is 0 Å². The van der Waals surface area contributed by atoms with Gasteiger partial charge in [-0.25, -0.2) is 0 Å². The second kappa shape index (κ2) is 9.57. The summed E-state index contributed by atoms with van der Waals surface area (Å²) in [5.74, 6) is 0. The van der Waals surface area contributed by atoms with Gasteiger partial charge in [-0.2, -0.15) is 0 Å². The average molecular weight is 126 g/mol. The van der Waals surface area contributed by atoms with Crippen LogP contribution < -0.4 is 10.2 Å². The van der Waals surface area contributed by atoms with Gasteiger partial charge in [0.15, 0.2) is 0 Å². The van der Waals surface area contributed by atoms with E-state index in [2.05, 4.69) is 0 Å². The van der Waals surface area contributed by atoms with E-state index in [4.69, 9.17) is 15.0 Å². The van der Waals surface area contributed by atoms with Crippen LogP contribution >= 0.6 is 0 Å². The molecule has 0 saturated carbocycles. The van der Waals surface area contributed by atoms with Crippen molar-refractivity contribution in [2.24, 2.45) is 0 Å². The minimum absolute atomic E-state index is 0. The fraction of sp³-hybridized carbons (Fsp3) is 0. The monoisotopic (exact) mass is 126 g/mol. The smallest absolute Gasteiger partial charge is 0.652 e. The first kappa shape index (κ1) is 15.7. The van der Waals surface area contributed by atoms with Crippen LogP contribution in [0.4, 0.5) is 4.79 Å². The predicted octanol–water partition coefficient (Wildman–Crippen LogP) is -3.74. The van der Waals surface area contributed by atoms with Crippen molar-refractivity contribution in [3.63, 3.8) is 0 Å². The van der Waals surface area contributed by atoms with Crippen LogP contribution in [-0.2, 0) is 0 Å².